The van der Waals surface area contributed by atoms with Gasteiger partial charge in [-0.1, -0.05) is 28.1 Å². The van der Waals surface area contributed by atoms with E-state index in [1.165, 1.54) is 0 Å². The molecule has 1 aliphatic heterocycles. The molecule has 0 saturated carbocycles. The Hall–Kier alpha value is -2.22. The maximum Gasteiger partial charge on any atom is 0.325 e. The topological polar surface area (TPSA) is 92.8 Å². The van der Waals surface area contributed by atoms with Gasteiger partial charge in [-0.3, -0.25) is 19.3 Å². The van der Waals surface area contributed by atoms with Crippen LogP contribution in [0.1, 0.15) is 37.0 Å². The van der Waals surface area contributed by atoms with Crippen LogP contribution in [-0.4, -0.2) is 47.3 Å². The molecular weight excluding hydrogens is 392 g/mol. The number of carbonyl (C=O) groups excluding carboxylic acids is 4. The number of nitrogens with one attached hydrogen (secondary N) is 1. The quantitative estimate of drug-likeness (QED) is 0.422. The summed E-state index contributed by atoms with van der Waals surface area (Å²) in [6.07, 6.45) is 0.297. The van der Waals surface area contributed by atoms with E-state index < -0.39 is 17.5 Å². The molecule has 0 aromatic heterocycles. The molecule has 0 unspecified atom stereocenters. The Morgan fingerprint density at radius 3 is 2.40 bits per heavy atom. The highest BCUT2D eigenvalue weighted by atomic mass is 79.9. The number of hydrogen-bond donors (Lipinski definition) is 1. The molecule has 3 amide bonds. The Kier molecular flexibility index (Phi) is 5.94. The van der Waals surface area contributed by atoms with Gasteiger partial charge in [0.25, 0.3) is 5.91 Å². The lowest BCUT2D eigenvalue weighted by atomic mass is 10.1. The molecule has 2 rings (SSSR count). The molecule has 1 aromatic carbocycles. The van der Waals surface area contributed by atoms with Gasteiger partial charge in [0, 0.05) is 23.0 Å². The molecule has 0 atom stereocenters. The van der Waals surface area contributed by atoms with E-state index in [0.29, 0.717) is 5.56 Å². The summed E-state index contributed by atoms with van der Waals surface area (Å²) in [5.74, 6) is -1.16. The van der Waals surface area contributed by atoms with Crippen LogP contribution in [0.25, 0.3) is 0 Å². The lowest BCUT2D eigenvalue weighted by Gasteiger charge is -2.15. The Bertz CT molecular complexity index is 699. The molecule has 0 aliphatic carbocycles. The number of carbonyl (C=O) groups is 4. The van der Waals surface area contributed by atoms with Gasteiger partial charge in [0.2, 0.25) is 0 Å². The standard InChI is InChI=1S/C17H19BrN2O5/c1-17(2)15(23)20(16(24)19-17)9-3-4-14(22)25-10-13(21)11-5-7-12(18)8-6-11/h5-8H,3-4,9-10H2,1-2H3,(H,19,24). The van der Waals surface area contributed by atoms with Gasteiger partial charge in [0.1, 0.15) is 5.54 Å². The van der Waals surface area contributed by atoms with Crippen molar-refractivity contribution in [3.63, 3.8) is 0 Å². The number of amides is 3. The highest BCUT2D eigenvalue weighted by Crippen LogP contribution is 2.17. The number of imide groups is 1. The summed E-state index contributed by atoms with van der Waals surface area (Å²) in [5, 5.41) is 2.57. The number of hydrogen-bond acceptors (Lipinski definition) is 5. The molecule has 7 nitrogen and oxygen atoms in total. The minimum Gasteiger partial charge on any atom is -0.457 e. The second-order valence-corrected chi connectivity index (χ2v) is 7.12. The number of ketones is 1. The van der Waals surface area contributed by atoms with Crippen LogP contribution in [-0.2, 0) is 14.3 Å². The van der Waals surface area contributed by atoms with E-state index >= 15 is 0 Å². The number of ether oxygens (including phenoxy) is 1. The smallest absolute Gasteiger partial charge is 0.325 e. The maximum absolute atomic E-state index is 12.0. The van der Waals surface area contributed by atoms with Gasteiger partial charge < -0.3 is 10.1 Å². The van der Waals surface area contributed by atoms with E-state index in [2.05, 4.69) is 21.2 Å². The van der Waals surface area contributed by atoms with E-state index in [-0.39, 0.29) is 37.7 Å². The van der Waals surface area contributed by atoms with Gasteiger partial charge in [-0.05, 0) is 32.4 Å². The van der Waals surface area contributed by atoms with Gasteiger partial charge in [-0.25, -0.2) is 4.79 Å². The van der Waals surface area contributed by atoms with Crippen LogP contribution >= 0.6 is 15.9 Å². The summed E-state index contributed by atoms with van der Waals surface area (Å²) >= 11 is 3.28. The summed E-state index contributed by atoms with van der Waals surface area (Å²) in [6.45, 7) is 3.03. The summed E-state index contributed by atoms with van der Waals surface area (Å²) < 4.78 is 5.80. The van der Waals surface area contributed by atoms with Crippen LogP contribution < -0.4 is 5.32 Å². The molecular formula is C17H19BrN2O5. The van der Waals surface area contributed by atoms with Crippen molar-refractivity contribution in [2.24, 2.45) is 0 Å². The van der Waals surface area contributed by atoms with Crippen molar-refractivity contribution in [2.75, 3.05) is 13.2 Å². The van der Waals surface area contributed by atoms with Crippen molar-refractivity contribution >= 4 is 39.6 Å². The van der Waals surface area contributed by atoms with E-state index in [1.54, 1.807) is 38.1 Å². The molecule has 0 spiro atoms. The highest BCUT2D eigenvalue weighted by Gasteiger charge is 2.43. The summed E-state index contributed by atoms with van der Waals surface area (Å²) in [6, 6.07) is 6.27. The predicted molar refractivity (Wildman–Crippen MR) is 93.0 cm³/mol. The molecule has 1 heterocycles. The number of halogens is 1. The monoisotopic (exact) mass is 410 g/mol. The minimum absolute atomic E-state index is 0.0190. The van der Waals surface area contributed by atoms with E-state index in [9.17, 15) is 19.2 Å². The van der Waals surface area contributed by atoms with E-state index in [4.69, 9.17) is 4.74 Å². The molecule has 1 fully saturated rings. The Morgan fingerprint density at radius 2 is 1.84 bits per heavy atom. The van der Waals surface area contributed by atoms with Gasteiger partial charge in [0.15, 0.2) is 12.4 Å². The van der Waals surface area contributed by atoms with Gasteiger partial charge in [0.05, 0.1) is 0 Å². The third-order valence-corrected chi connectivity index (χ3v) is 4.27. The summed E-state index contributed by atoms with van der Waals surface area (Å²) in [7, 11) is 0. The Balaban J connectivity index is 1.72. The van der Waals surface area contributed by atoms with Crippen LogP contribution in [0, 0.1) is 0 Å². The lowest BCUT2D eigenvalue weighted by molar-refractivity contribution is -0.143. The lowest BCUT2D eigenvalue weighted by Crippen LogP contribution is -2.40. The fourth-order valence-electron chi connectivity index (χ4n) is 2.34. The van der Waals surface area contributed by atoms with Crippen LogP contribution in [0.4, 0.5) is 4.79 Å². The Labute approximate surface area is 153 Å². The molecule has 1 aromatic rings. The van der Waals surface area contributed by atoms with Crippen molar-refractivity contribution in [3.8, 4) is 0 Å². The van der Waals surface area contributed by atoms with Gasteiger partial charge in [-0.15, -0.1) is 0 Å². The summed E-state index contributed by atoms with van der Waals surface area (Å²) in [5.41, 5.74) is -0.466. The van der Waals surface area contributed by atoms with Crippen LogP contribution in [0.15, 0.2) is 28.7 Å². The first-order chi connectivity index (χ1) is 11.7. The third-order valence-electron chi connectivity index (χ3n) is 3.74. The SMILES string of the molecule is CC1(C)NC(=O)N(CCCC(=O)OCC(=O)c2ccc(Br)cc2)C1=O. The number of Topliss-reactive ketones (excluding diaryl/α,β-unsaturated/α-hetero) is 1. The summed E-state index contributed by atoms with van der Waals surface area (Å²) in [4.78, 5) is 48.4. The molecule has 0 bridgehead atoms. The van der Waals surface area contributed by atoms with Crippen molar-refractivity contribution in [1.29, 1.82) is 0 Å². The Morgan fingerprint density at radius 1 is 1.20 bits per heavy atom. The molecule has 25 heavy (non-hydrogen) atoms. The average molecular weight is 411 g/mol. The zero-order chi connectivity index (χ0) is 18.6. The van der Waals surface area contributed by atoms with Crippen molar-refractivity contribution in [1.82, 2.24) is 10.2 Å². The largest absolute Gasteiger partial charge is 0.457 e. The molecule has 134 valence electrons. The minimum atomic E-state index is -0.922. The van der Waals surface area contributed by atoms with Crippen molar-refractivity contribution in [2.45, 2.75) is 32.2 Å². The average Bonchev–Trinajstić information content (AvgIpc) is 2.74. The van der Waals surface area contributed by atoms with Gasteiger partial charge in [-0.2, -0.15) is 0 Å². The highest BCUT2D eigenvalue weighted by molar-refractivity contribution is 9.10. The first kappa shape index (κ1) is 19.1. The van der Waals surface area contributed by atoms with Crippen LogP contribution in [0.3, 0.4) is 0 Å². The van der Waals surface area contributed by atoms with E-state index in [1.807, 2.05) is 0 Å². The zero-order valence-corrected chi connectivity index (χ0v) is 15.6. The second kappa shape index (κ2) is 7.77. The maximum atomic E-state index is 12.0. The van der Waals surface area contributed by atoms with Gasteiger partial charge >= 0.3 is 12.0 Å². The fourth-order valence-corrected chi connectivity index (χ4v) is 2.60. The number of benzene rings is 1. The predicted octanol–water partition coefficient (Wildman–Crippen LogP) is 2.29. The molecule has 1 aliphatic rings. The van der Waals surface area contributed by atoms with Crippen LogP contribution in [0.2, 0.25) is 0 Å². The second-order valence-electron chi connectivity index (χ2n) is 6.21. The number of nitrogens with zero attached hydrogens (tertiary/aromatic N) is 1. The first-order valence-corrected chi connectivity index (χ1v) is 8.58. The fraction of sp³-hybridized carbons (Fsp3) is 0.412. The number of esters is 1. The molecule has 8 heteroatoms. The normalized spacial score (nSPS) is 15.9. The van der Waals surface area contributed by atoms with Crippen molar-refractivity contribution in [3.05, 3.63) is 34.3 Å². The van der Waals surface area contributed by atoms with Crippen molar-refractivity contribution < 1.29 is 23.9 Å². The molecule has 1 saturated heterocycles. The van der Waals surface area contributed by atoms with E-state index in [0.717, 1.165) is 9.37 Å². The molecule has 0 radical (unpaired) electrons. The van der Waals surface area contributed by atoms with Crippen LogP contribution in [0.5, 0.6) is 0 Å². The first-order valence-electron chi connectivity index (χ1n) is 7.79. The molecule has 1 N–H and O–H groups in total. The third kappa shape index (κ3) is 4.88. The zero-order valence-electron chi connectivity index (χ0n) is 14.0. The number of urea groups is 1. The number of rotatable bonds is 7.